The third-order valence-electron chi connectivity index (χ3n) is 6.71. The topological polar surface area (TPSA) is 49.5 Å². The van der Waals surface area contributed by atoms with Gasteiger partial charge in [0.25, 0.3) is 0 Å². The fourth-order valence-electron chi connectivity index (χ4n) is 5.94. The minimum Gasteiger partial charge on any atom is -0.388 e. The van der Waals surface area contributed by atoms with E-state index in [-0.39, 0.29) is 0 Å². The number of aliphatic hydroxyl groups is 1. The molecule has 5 fully saturated rings. The summed E-state index contributed by atoms with van der Waals surface area (Å²) in [4.78, 5) is 2.72. The molecule has 1 saturated heterocycles. The number of nitrogens with zero attached hydrogens (tertiary/aromatic N) is 1. The zero-order valence-electron chi connectivity index (χ0n) is 11.9. The van der Waals surface area contributed by atoms with E-state index in [1.54, 1.807) is 0 Å². The quantitative estimate of drug-likeness (QED) is 0.796. The van der Waals surface area contributed by atoms with Crippen molar-refractivity contribution >= 4 is 0 Å². The monoisotopic (exact) mass is 264 g/mol. The Bertz CT molecular complexity index is 321. The lowest BCUT2D eigenvalue weighted by Crippen LogP contribution is -2.59. The first-order valence-electron chi connectivity index (χ1n) is 8.33. The Morgan fingerprint density at radius 1 is 0.947 bits per heavy atom. The molecule has 3 nitrogen and oxygen atoms in total. The molecule has 19 heavy (non-hydrogen) atoms. The highest BCUT2D eigenvalue weighted by molar-refractivity contribution is 5.03. The van der Waals surface area contributed by atoms with Crippen LogP contribution in [0.2, 0.25) is 0 Å². The summed E-state index contributed by atoms with van der Waals surface area (Å²) in [6, 6.07) is 0.843. The second-order valence-electron chi connectivity index (χ2n) is 7.89. The van der Waals surface area contributed by atoms with Crippen molar-refractivity contribution in [1.82, 2.24) is 4.90 Å². The summed E-state index contributed by atoms with van der Waals surface area (Å²) in [6.07, 6.45) is 9.28. The highest BCUT2D eigenvalue weighted by Gasteiger charge is 2.50. The van der Waals surface area contributed by atoms with Gasteiger partial charge in [-0.3, -0.25) is 4.90 Å². The van der Waals surface area contributed by atoms with Crippen LogP contribution in [-0.4, -0.2) is 41.3 Å². The first-order chi connectivity index (χ1) is 9.17. The molecule has 0 radical (unpaired) electrons. The second kappa shape index (κ2) is 4.44. The Morgan fingerprint density at radius 2 is 1.47 bits per heavy atom. The minimum absolute atomic E-state index is 0.433. The van der Waals surface area contributed by atoms with Crippen LogP contribution < -0.4 is 5.73 Å². The predicted molar refractivity (Wildman–Crippen MR) is 75.6 cm³/mol. The van der Waals surface area contributed by atoms with Gasteiger partial charge in [0.05, 0.1) is 5.60 Å². The van der Waals surface area contributed by atoms with E-state index in [2.05, 4.69) is 4.90 Å². The number of likely N-dealkylation sites (tertiary alicyclic amines) is 1. The van der Waals surface area contributed by atoms with Gasteiger partial charge in [-0.1, -0.05) is 0 Å². The summed E-state index contributed by atoms with van der Waals surface area (Å²) < 4.78 is 0. The maximum Gasteiger partial charge on any atom is 0.0793 e. The van der Waals surface area contributed by atoms with Gasteiger partial charge in [-0.15, -0.1) is 0 Å². The van der Waals surface area contributed by atoms with Crippen molar-refractivity contribution in [1.29, 1.82) is 0 Å². The Balaban J connectivity index is 1.46. The summed E-state index contributed by atoms with van der Waals surface area (Å²) in [5.41, 5.74) is 5.14. The van der Waals surface area contributed by atoms with Gasteiger partial charge in [-0.25, -0.2) is 0 Å². The Kier molecular flexibility index (Phi) is 2.95. The third kappa shape index (κ3) is 2.05. The van der Waals surface area contributed by atoms with E-state index in [1.165, 1.54) is 32.1 Å². The van der Waals surface area contributed by atoms with E-state index in [9.17, 15) is 5.11 Å². The summed E-state index contributed by atoms with van der Waals surface area (Å²) in [6.45, 7) is 2.57. The molecule has 0 aromatic rings. The highest BCUT2D eigenvalue weighted by Crippen LogP contribution is 2.55. The first kappa shape index (κ1) is 12.6. The summed E-state index contributed by atoms with van der Waals surface area (Å²) in [5.74, 6) is 4.06. The largest absolute Gasteiger partial charge is 0.388 e. The molecule has 108 valence electrons. The number of nitrogens with two attached hydrogens (primary N) is 1. The van der Waals surface area contributed by atoms with Gasteiger partial charge in [-0.05, 0) is 68.6 Å². The molecule has 3 heteroatoms. The van der Waals surface area contributed by atoms with Crippen LogP contribution in [0.15, 0.2) is 0 Å². The summed E-state index contributed by atoms with van der Waals surface area (Å²) in [7, 11) is 0. The first-order valence-corrected chi connectivity index (χ1v) is 8.33. The average Bonchev–Trinajstić information content (AvgIpc) is 2.40. The van der Waals surface area contributed by atoms with E-state index in [1.807, 2.05) is 0 Å². The van der Waals surface area contributed by atoms with Gasteiger partial charge in [0.1, 0.15) is 0 Å². The van der Waals surface area contributed by atoms with Crippen molar-refractivity contribution in [3.8, 4) is 0 Å². The van der Waals surface area contributed by atoms with Crippen molar-refractivity contribution in [2.24, 2.45) is 29.4 Å². The molecule has 5 rings (SSSR count). The lowest BCUT2D eigenvalue weighted by Gasteiger charge is -2.58. The Morgan fingerprint density at radius 3 is 1.95 bits per heavy atom. The summed E-state index contributed by atoms with van der Waals surface area (Å²) >= 11 is 0. The van der Waals surface area contributed by atoms with Gasteiger partial charge in [0.2, 0.25) is 0 Å². The summed E-state index contributed by atoms with van der Waals surface area (Å²) in [5, 5.41) is 10.3. The number of rotatable bonds is 2. The molecule has 0 aromatic heterocycles. The fraction of sp³-hybridized carbons (Fsp3) is 1.00. The number of hydrogen-bond acceptors (Lipinski definition) is 3. The Labute approximate surface area is 116 Å². The van der Waals surface area contributed by atoms with E-state index >= 15 is 0 Å². The van der Waals surface area contributed by atoms with E-state index in [0.717, 1.165) is 55.6 Å². The molecule has 0 spiro atoms. The van der Waals surface area contributed by atoms with Crippen molar-refractivity contribution in [3.63, 3.8) is 0 Å². The van der Waals surface area contributed by atoms with Gasteiger partial charge < -0.3 is 10.8 Å². The van der Waals surface area contributed by atoms with E-state index in [0.29, 0.717) is 6.54 Å². The lowest BCUT2D eigenvalue weighted by atomic mass is 9.53. The number of hydrogen-bond donors (Lipinski definition) is 2. The SMILES string of the molecule is NCC1(O)CCN(C2C3CC4CC(C3)CC2C4)CC1. The minimum atomic E-state index is -0.567. The van der Waals surface area contributed by atoms with E-state index in [4.69, 9.17) is 5.73 Å². The Hall–Kier alpha value is -0.120. The molecule has 1 heterocycles. The van der Waals surface area contributed by atoms with Crippen LogP contribution in [0.5, 0.6) is 0 Å². The third-order valence-corrected chi connectivity index (χ3v) is 6.71. The molecule has 4 saturated carbocycles. The highest BCUT2D eigenvalue weighted by atomic mass is 16.3. The predicted octanol–water partition coefficient (Wildman–Crippen LogP) is 1.60. The van der Waals surface area contributed by atoms with E-state index < -0.39 is 5.60 Å². The van der Waals surface area contributed by atoms with Crippen LogP contribution in [0.3, 0.4) is 0 Å². The molecular formula is C16H28N2O. The normalized spacial score (nSPS) is 48.6. The molecule has 4 bridgehead atoms. The van der Waals surface area contributed by atoms with Crippen LogP contribution in [0.4, 0.5) is 0 Å². The molecule has 0 aromatic carbocycles. The van der Waals surface area contributed by atoms with Crippen molar-refractivity contribution < 1.29 is 5.11 Å². The molecule has 0 atom stereocenters. The van der Waals surface area contributed by atoms with Crippen molar-refractivity contribution in [3.05, 3.63) is 0 Å². The molecule has 0 unspecified atom stereocenters. The average molecular weight is 264 g/mol. The molecule has 3 N–H and O–H groups in total. The number of piperidine rings is 1. The van der Waals surface area contributed by atoms with Crippen LogP contribution in [-0.2, 0) is 0 Å². The maximum absolute atomic E-state index is 10.3. The smallest absolute Gasteiger partial charge is 0.0793 e. The molecule has 5 aliphatic rings. The molecule has 1 aliphatic heterocycles. The molecule has 4 aliphatic carbocycles. The van der Waals surface area contributed by atoms with Gasteiger partial charge >= 0.3 is 0 Å². The van der Waals surface area contributed by atoms with Gasteiger partial charge in [0.15, 0.2) is 0 Å². The lowest BCUT2D eigenvalue weighted by molar-refractivity contribution is -0.0952. The van der Waals surface area contributed by atoms with Crippen molar-refractivity contribution in [2.75, 3.05) is 19.6 Å². The van der Waals surface area contributed by atoms with Crippen molar-refractivity contribution in [2.45, 2.75) is 56.6 Å². The van der Waals surface area contributed by atoms with Crippen LogP contribution in [0.25, 0.3) is 0 Å². The van der Waals surface area contributed by atoms with Gasteiger partial charge in [0, 0.05) is 25.7 Å². The maximum atomic E-state index is 10.3. The van der Waals surface area contributed by atoms with Crippen LogP contribution in [0, 0.1) is 23.7 Å². The van der Waals surface area contributed by atoms with Gasteiger partial charge in [-0.2, -0.15) is 0 Å². The van der Waals surface area contributed by atoms with Crippen LogP contribution in [0.1, 0.15) is 44.9 Å². The standard InChI is InChI=1S/C16H28N2O/c17-10-16(19)1-3-18(4-2-16)15-13-6-11-5-12(8-13)9-14(15)7-11/h11-15,19H,1-10,17H2. The zero-order chi connectivity index (χ0) is 13.0. The fourth-order valence-corrected chi connectivity index (χ4v) is 5.94. The molecular weight excluding hydrogens is 236 g/mol. The zero-order valence-corrected chi connectivity index (χ0v) is 11.9. The molecule has 0 amide bonds. The second-order valence-corrected chi connectivity index (χ2v) is 7.89. The van der Waals surface area contributed by atoms with Crippen LogP contribution >= 0.6 is 0 Å².